The molecule has 2 heterocycles. The maximum atomic E-state index is 6.64. The highest BCUT2D eigenvalue weighted by atomic mass is 28.3. The number of nitrogens with zero attached hydrogens (tertiary/aromatic N) is 1. The van der Waals surface area contributed by atoms with Crippen LogP contribution in [0.3, 0.4) is 0 Å². The Labute approximate surface area is 347 Å². The maximum Gasteiger partial charge on any atom is 0.179 e. The molecule has 0 spiro atoms. The van der Waals surface area contributed by atoms with Crippen molar-refractivity contribution in [3.63, 3.8) is 0 Å². The van der Waals surface area contributed by atoms with Crippen molar-refractivity contribution >= 4 is 72.6 Å². The lowest BCUT2D eigenvalue weighted by molar-refractivity contribution is 0.332. The van der Waals surface area contributed by atoms with Gasteiger partial charge in [-0.25, -0.2) is 0 Å². The zero-order valence-corrected chi connectivity index (χ0v) is 35.2. The fraction of sp³-hybridized carbons (Fsp3) is 0.143. The van der Waals surface area contributed by atoms with Crippen LogP contribution in [0.15, 0.2) is 192 Å². The van der Waals surface area contributed by atoms with Crippen LogP contribution < -0.4 is 20.7 Å². The summed E-state index contributed by atoms with van der Waals surface area (Å²) in [7, 11) is -2.82. The van der Waals surface area contributed by atoms with E-state index in [1.165, 1.54) is 66.5 Å². The van der Waals surface area contributed by atoms with Crippen molar-refractivity contribution in [3.05, 3.63) is 199 Å². The first kappa shape index (κ1) is 35.7. The van der Waals surface area contributed by atoms with Gasteiger partial charge in [0.1, 0.15) is 11.2 Å². The second-order valence-corrected chi connectivity index (χ2v) is 21.7. The molecule has 286 valence electrons. The number of para-hydroxylation sites is 4. The van der Waals surface area contributed by atoms with Crippen LogP contribution in [0.5, 0.6) is 0 Å². The molecule has 8 aromatic carbocycles. The van der Waals surface area contributed by atoms with Crippen molar-refractivity contribution in [2.45, 2.75) is 51.4 Å². The first-order valence-electron chi connectivity index (χ1n) is 21.1. The van der Waals surface area contributed by atoms with Gasteiger partial charge in [0, 0.05) is 38.4 Å². The monoisotopic (exact) mass is 777 g/mol. The van der Waals surface area contributed by atoms with E-state index < -0.39 is 8.07 Å². The Hall–Kier alpha value is -6.42. The molecule has 0 bridgehead atoms. The number of benzene rings is 8. The van der Waals surface area contributed by atoms with Crippen molar-refractivity contribution in [2.75, 3.05) is 0 Å². The van der Waals surface area contributed by atoms with E-state index in [1.54, 1.807) is 0 Å². The van der Waals surface area contributed by atoms with Crippen LogP contribution in [-0.2, 0) is 10.8 Å². The number of rotatable bonds is 6. The quantitative estimate of drug-likeness (QED) is 0.121. The Kier molecular flexibility index (Phi) is 8.06. The number of fused-ring (bicyclic) bond motifs is 7. The van der Waals surface area contributed by atoms with Crippen molar-refractivity contribution in [3.8, 4) is 16.8 Å². The molecule has 0 amide bonds. The highest BCUT2D eigenvalue weighted by molar-refractivity contribution is 7.19. The van der Waals surface area contributed by atoms with Crippen LogP contribution in [-0.4, -0.2) is 12.6 Å². The maximum absolute atomic E-state index is 6.64. The molecule has 0 atom stereocenters. The molecule has 2 aromatic heterocycles. The summed E-state index contributed by atoms with van der Waals surface area (Å²) in [4.78, 5) is 0. The van der Waals surface area contributed by atoms with Crippen molar-refractivity contribution in [1.29, 1.82) is 0 Å². The van der Waals surface area contributed by atoms with E-state index in [2.05, 4.69) is 214 Å². The van der Waals surface area contributed by atoms with Crippen molar-refractivity contribution in [1.82, 2.24) is 4.57 Å². The Morgan fingerprint density at radius 3 is 1.69 bits per heavy atom. The van der Waals surface area contributed by atoms with Gasteiger partial charge in [-0.1, -0.05) is 191 Å². The first-order chi connectivity index (χ1) is 28.8. The molecule has 0 fully saturated rings. The van der Waals surface area contributed by atoms with E-state index in [-0.39, 0.29) is 10.8 Å². The zero-order chi connectivity index (χ0) is 39.9. The van der Waals surface area contributed by atoms with Gasteiger partial charge in [0.25, 0.3) is 0 Å². The summed E-state index contributed by atoms with van der Waals surface area (Å²) in [6.07, 6.45) is 2.38. The summed E-state index contributed by atoms with van der Waals surface area (Å²) in [6.45, 7) is 9.75. The minimum atomic E-state index is -2.82. The van der Waals surface area contributed by atoms with Crippen LogP contribution in [0.2, 0.25) is 0 Å². The lowest BCUT2D eigenvalue weighted by Gasteiger charge is -2.43. The number of furan rings is 1. The molecular formula is C56H47NOSi. The molecule has 0 unspecified atom stereocenters. The van der Waals surface area contributed by atoms with E-state index in [9.17, 15) is 0 Å². The molecule has 2 nitrogen and oxygen atoms in total. The van der Waals surface area contributed by atoms with Gasteiger partial charge < -0.3 is 8.98 Å². The van der Waals surface area contributed by atoms with E-state index in [0.29, 0.717) is 0 Å². The highest BCUT2D eigenvalue weighted by Crippen LogP contribution is 2.46. The summed E-state index contributed by atoms with van der Waals surface area (Å²) in [5.74, 6) is 0. The molecule has 3 heteroatoms. The zero-order valence-electron chi connectivity index (χ0n) is 34.2. The van der Waals surface area contributed by atoms with Gasteiger partial charge in [-0.3, -0.25) is 0 Å². The van der Waals surface area contributed by atoms with E-state index in [0.717, 1.165) is 38.8 Å². The molecule has 10 aromatic rings. The van der Waals surface area contributed by atoms with Crippen LogP contribution in [0.1, 0.15) is 51.7 Å². The van der Waals surface area contributed by atoms with Crippen LogP contribution in [0, 0.1) is 0 Å². The third-order valence-electron chi connectivity index (χ3n) is 13.6. The number of hydrogen-bond acceptors (Lipinski definition) is 1. The summed E-state index contributed by atoms with van der Waals surface area (Å²) in [5.41, 5.74) is 10.8. The molecule has 1 aliphatic carbocycles. The smallest absolute Gasteiger partial charge is 0.179 e. The summed E-state index contributed by atoms with van der Waals surface area (Å²) < 4.78 is 9.12. The Morgan fingerprint density at radius 2 is 0.983 bits per heavy atom. The van der Waals surface area contributed by atoms with Gasteiger partial charge in [0.2, 0.25) is 0 Å². The Balaban J connectivity index is 1.16. The molecule has 1 aliphatic rings. The van der Waals surface area contributed by atoms with Crippen LogP contribution in [0.4, 0.5) is 0 Å². The van der Waals surface area contributed by atoms with Crippen LogP contribution >= 0.6 is 0 Å². The summed E-state index contributed by atoms with van der Waals surface area (Å²) in [5, 5.41) is 10.3. The lowest BCUT2D eigenvalue weighted by Crippen LogP contribution is -2.74. The molecule has 0 saturated heterocycles. The minimum Gasteiger partial charge on any atom is -0.455 e. The third kappa shape index (κ3) is 5.37. The topological polar surface area (TPSA) is 18.1 Å². The van der Waals surface area contributed by atoms with Crippen molar-refractivity contribution in [2.24, 2.45) is 0 Å². The van der Waals surface area contributed by atoms with Gasteiger partial charge in [-0.15, -0.1) is 0 Å². The second-order valence-electron chi connectivity index (χ2n) is 17.9. The third-order valence-corrected chi connectivity index (χ3v) is 18.4. The van der Waals surface area contributed by atoms with Gasteiger partial charge in [-0.05, 0) is 79.8 Å². The molecule has 0 radical (unpaired) electrons. The second kappa shape index (κ2) is 13.3. The average Bonchev–Trinajstić information content (AvgIpc) is 3.83. The summed E-state index contributed by atoms with van der Waals surface area (Å²) >= 11 is 0. The first-order valence-corrected chi connectivity index (χ1v) is 23.1. The fourth-order valence-corrected chi connectivity index (χ4v) is 15.3. The molecular weight excluding hydrogens is 731 g/mol. The van der Waals surface area contributed by atoms with Gasteiger partial charge in [-0.2, -0.15) is 0 Å². The number of aromatic nitrogens is 1. The number of hydrogen-bond donors (Lipinski definition) is 0. The molecule has 0 N–H and O–H groups in total. The van der Waals surface area contributed by atoms with Gasteiger partial charge in [0.15, 0.2) is 8.07 Å². The summed E-state index contributed by atoms with van der Waals surface area (Å²) in [6, 6.07) is 70.4. The molecule has 0 aliphatic heterocycles. The predicted molar refractivity (Wildman–Crippen MR) is 252 cm³/mol. The Bertz CT molecular complexity index is 3160. The normalized spacial score (nSPS) is 14.9. The fourth-order valence-electron chi connectivity index (χ4n) is 10.5. The standard InChI is InChI=1S/C56H47NOSi/c1-55(2)35-36-56(3,4)50-37-42(33-34-49(50)55)59(39-17-7-5-8-18-39,40-19-9-6-10-20-40)41-31-29-38(30-32-41)57-51-27-13-11-21-43(51)45-23-15-24-46(53(45)57)48-26-16-25-47-44-22-12-14-28-52(44)58-54(47)48/h5-34,37H,35-36H2,1-4H3. The Morgan fingerprint density at radius 1 is 0.441 bits per heavy atom. The van der Waals surface area contributed by atoms with E-state index in [1.807, 2.05) is 6.07 Å². The van der Waals surface area contributed by atoms with Gasteiger partial charge >= 0.3 is 0 Å². The molecule has 0 saturated carbocycles. The largest absolute Gasteiger partial charge is 0.455 e. The lowest BCUT2D eigenvalue weighted by atomic mass is 9.63. The SMILES string of the molecule is CC1(C)CCC(C)(C)c2cc([Si](c3ccccc3)(c3ccccc3)c3ccc(-n4c5ccccc5c5cccc(-c6cccc7c6oc6ccccc67)c54)cc3)ccc21. The van der Waals surface area contributed by atoms with Gasteiger partial charge in [0.05, 0.1) is 11.0 Å². The van der Waals surface area contributed by atoms with Crippen LogP contribution in [0.25, 0.3) is 60.6 Å². The predicted octanol–water partition coefficient (Wildman–Crippen LogP) is 12.1. The van der Waals surface area contributed by atoms with Crippen molar-refractivity contribution < 1.29 is 4.42 Å². The molecule has 11 rings (SSSR count). The van der Waals surface area contributed by atoms with E-state index >= 15 is 0 Å². The average molecular weight is 778 g/mol. The molecule has 59 heavy (non-hydrogen) atoms. The van der Waals surface area contributed by atoms with E-state index in [4.69, 9.17) is 4.42 Å². The minimum absolute atomic E-state index is 0.0964. The highest BCUT2D eigenvalue weighted by Gasteiger charge is 2.44.